The van der Waals surface area contributed by atoms with Crippen molar-refractivity contribution in [3.05, 3.63) is 35.4 Å². The molecule has 2 rings (SSSR count). The highest BCUT2D eigenvalue weighted by atomic mass is 16.6. The second-order valence-corrected chi connectivity index (χ2v) is 5.01. The lowest BCUT2D eigenvalue weighted by molar-refractivity contribution is 0.0697. The van der Waals surface area contributed by atoms with Gasteiger partial charge in [0, 0.05) is 18.7 Å². The van der Waals surface area contributed by atoms with Gasteiger partial charge in [-0.2, -0.15) is 0 Å². The van der Waals surface area contributed by atoms with Crippen LogP contribution in [0.3, 0.4) is 0 Å². The van der Waals surface area contributed by atoms with Crippen LogP contribution < -0.4 is 0 Å². The Morgan fingerprint density at radius 1 is 1.32 bits per heavy atom. The quantitative estimate of drug-likeness (QED) is 0.619. The third-order valence-corrected chi connectivity index (χ3v) is 3.54. The standard InChI is InChI=1S/C15H20N2O2/c1-12-7-9-17(10-8-12)15(18)14-5-3-13(4-6-14)11-16-19-2/h3-6,11-12H,7-10H2,1-2H3. The molecule has 0 aromatic heterocycles. The average molecular weight is 260 g/mol. The lowest BCUT2D eigenvalue weighted by Gasteiger charge is -2.30. The molecular formula is C15H20N2O2. The fourth-order valence-corrected chi connectivity index (χ4v) is 2.22. The van der Waals surface area contributed by atoms with Crippen LogP contribution in [0.4, 0.5) is 0 Å². The molecule has 0 saturated carbocycles. The molecule has 0 atom stereocenters. The molecule has 1 aromatic carbocycles. The maximum absolute atomic E-state index is 12.3. The largest absolute Gasteiger partial charge is 0.399 e. The van der Waals surface area contributed by atoms with Crippen LogP contribution in [0.2, 0.25) is 0 Å². The Morgan fingerprint density at radius 3 is 2.53 bits per heavy atom. The van der Waals surface area contributed by atoms with Gasteiger partial charge in [-0.3, -0.25) is 4.79 Å². The van der Waals surface area contributed by atoms with Crippen molar-refractivity contribution in [2.75, 3.05) is 20.2 Å². The van der Waals surface area contributed by atoms with Crippen molar-refractivity contribution in [2.45, 2.75) is 19.8 Å². The lowest BCUT2D eigenvalue weighted by atomic mass is 9.98. The van der Waals surface area contributed by atoms with Crippen molar-refractivity contribution in [2.24, 2.45) is 11.1 Å². The van der Waals surface area contributed by atoms with Gasteiger partial charge in [-0.25, -0.2) is 0 Å². The summed E-state index contributed by atoms with van der Waals surface area (Å²) in [6.07, 6.45) is 3.82. The average Bonchev–Trinajstić information content (AvgIpc) is 2.46. The van der Waals surface area contributed by atoms with Gasteiger partial charge in [-0.05, 0) is 36.5 Å². The Morgan fingerprint density at radius 2 is 1.95 bits per heavy atom. The van der Waals surface area contributed by atoms with E-state index in [4.69, 9.17) is 0 Å². The van der Waals surface area contributed by atoms with Gasteiger partial charge in [-0.15, -0.1) is 0 Å². The Bertz CT molecular complexity index is 446. The Kier molecular flexibility index (Phi) is 4.55. The molecule has 4 nitrogen and oxygen atoms in total. The Hall–Kier alpha value is -1.84. The van der Waals surface area contributed by atoms with E-state index in [-0.39, 0.29) is 5.91 Å². The fourth-order valence-electron chi connectivity index (χ4n) is 2.22. The zero-order chi connectivity index (χ0) is 13.7. The number of benzene rings is 1. The molecule has 1 amide bonds. The van der Waals surface area contributed by atoms with Crippen LogP contribution in [-0.2, 0) is 4.84 Å². The molecule has 102 valence electrons. The molecule has 1 aliphatic rings. The van der Waals surface area contributed by atoms with Crippen molar-refractivity contribution in [1.29, 1.82) is 0 Å². The van der Waals surface area contributed by atoms with Crippen LogP contribution in [0.1, 0.15) is 35.7 Å². The molecule has 0 spiro atoms. The molecule has 1 fully saturated rings. The maximum Gasteiger partial charge on any atom is 0.253 e. The zero-order valence-electron chi connectivity index (χ0n) is 11.5. The number of amides is 1. The number of oxime groups is 1. The van der Waals surface area contributed by atoms with Crippen LogP contribution in [0.5, 0.6) is 0 Å². The van der Waals surface area contributed by atoms with Crippen LogP contribution in [0.15, 0.2) is 29.4 Å². The summed E-state index contributed by atoms with van der Waals surface area (Å²) in [5.41, 5.74) is 1.66. The van der Waals surface area contributed by atoms with E-state index in [0.717, 1.165) is 43.0 Å². The molecule has 0 N–H and O–H groups in total. The Labute approximate surface area is 114 Å². The van der Waals surface area contributed by atoms with E-state index in [1.807, 2.05) is 29.2 Å². The first-order chi connectivity index (χ1) is 9.20. The number of rotatable bonds is 3. The van der Waals surface area contributed by atoms with Gasteiger partial charge < -0.3 is 9.74 Å². The first-order valence-corrected chi connectivity index (χ1v) is 6.66. The van der Waals surface area contributed by atoms with E-state index in [1.165, 1.54) is 7.11 Å². The number of hydrogen-bond acceptors (Lipinski definition) is 3. The predicted octanol–water partition coefficient (Wildman–Crippen LogP) is 2.54. The first-order valence-electron chi connectivity index (χ1n) is 6.66. The summed E-state index contributed by atoms with van der Waals surface area (Å²) in [5.74, 6) is 0.860. The van der Waals surface area contributed by atoms with Gasteiger partial charge in [0.25, 0.3) is 5.91 Å². The molecule has 0 aliphatic carbocycles. The molecule has 1 aromatic rings. The number of likely N-dealkylation sites (tertiary alicyclic amines) is 1. The summed E-state index contributed by atoms with van der Waals surface area (Å²) >= 11 is 0. The van der Waals surface area contributed by atoms with Crippen LogP contribution in [0.25, 0.3) is 0 Å². The van der Waals surface area contributed by atoms with Gasteiger partial charge in [0.05, 0.1) is 6.21 Å². The van der Waals surface area contributed by atoms with Crippen LogP contribution in [0, 0.1) is 5.92 Å². The number of nitrogens with zero attached hydrogens (tertiary/aromatic N) is 2. The summed E-state index contributed by atoms with van der Waals surface area (Å²) in [6, 6.07) is 7.44. The van der Waals surface area contributed by atoms with E-state index in [0.29, 0.717) is 0 Å². The number of hydrogen-bond donors (Lipinski definition) is 0. The minimum absolute atomic E-state index is 0.127. The molecule has 19 heavy (non-hydrogen) atoms. The number of carbonyl (C=O) groups excluding carboxylic acids is 1. The van der Waals surface area contributed by atoms with E-state index in [2.05, 4.69) is 16.9 Å². The monoisotopic (exact) mass is 260 g/mol. The van der Waals surface area contributed by atoms with Gasteiger partial charge >= 0.3 is 0 Å². The summed E-state index contributed by atoms with van der Waals surface area (Å²) in [4.78, 5) is 18.9. The predicted molar refractivity (Wildman–Crippen MR) is 75.3 cm³/mol. The summed E-state index contributed by atoms with van der Waals surface area (Å²) in [6.45, 7) is 3.98. The highest BCUT2D eigenvalue weighted by Gasteiger charge is 2.21. The lowest BCUT2D eigenvalue weighted by Crippen LogP contribution is -2.37. The molecular weight excluding hydrogens is 240 g/mol. The normalized spacial score (nSPS) is 16.8. The number of carbonyl (C=O) groups is 1. The minimum atomic E-state index is 0.127. The second kappa shape index (κ2) is 6.36. The summed E-state index contributed by atoms with van der Waals surface area (Å²) in [5, 5.41) is 3.69. The molecule has 0 unspecified atom stereocenters. The van der Waals surface area contributed by atoms with Gasteiger partial charge in [0.15, 0.2) is 0 Å². The fraction of sp³-hybridized carbons (Fsp3) is 0.467. The smallest absolute Gasteiger partial charge is 0.253 e. The third-order valence-electron chi connectivity index (χ3n) is 3.54. The molecule has 1 heterocycles. The van der Waals surface area contributed by atoms with Crippen molar-refractivity contribution in [3.63, 3.8) is 0 Å². The molecule has 0 radical (unpaired) electrons. The van der Waals surface area contributed by atoms with Crippen molar-refractivity contribution >= 4 is 12.1 Å². The van der Waals surface area contributed by atoms with Crippen molar-refractivity contribution in [3.8, 4) is 0 Å². The zero-order valence-corrected chi connectivity index (χ0v) is 11.5. The number of piperidine rings is 1. The van der Waals surface area contributed by atoms with Gasteiger partial charge in [0.2, 0.25) is 0 Å². The summed E-state index contributed by atoms with van der Waals surface area (Å²) in [7, 11) is 1.51. The second-order valence-electron chi connectivity index (χ2n) is 5.01. The van der Waals surface area contributed by atoms with Crippen LogP contribution >= 0.6 is 0 Å². The van der Waals surface area contributed by atoms with Crippen molar-refractivity contribution in [1.82, 2.24) is 4.90 Å². The maximum atomic E-state index is 12.3. The van der Waals surface area contributed by atoms with Gasteiger partial charge in [0.1, 0.15) is 7.11 Å². The highest BCUT2D eigenvalue weighted by Crippen LogP contribution is 2.18. The third kappa shape index (κ3) is 3.56. The van der Waals surface area contributed by atoms with E-state index in [1.54, 1.807) is 6.21 Å². The molecule has 1 saturated heterocycles. The molecule has 0 bridgehead atoms. The first kappa shape index (κ1) is 13.6. The van der Waals surface area contributed by atoms with E-state index in [9.17, 15) is 4.79 Å². The topological polar surface area (TPSA) is 41.9 Å². The van der Waals surface area contributed by atoms with Crippen LogP contribution in [-0.4, -0.2) is 37.2 Å². The highest BCUT2D eigenvalue weighted by molar-refractivity contribution is 5.95. The molecule has 4 heteroatoms. The van der Waals surface area contributed by atoms with Gasteiger partial charge in [-0.1, -0.05) is 24.2 Å². The minimum Gasteiger partial charge on any atom is -0.399 e. The van der Waals surface area contributed by atoms with E-state index < -0.39 is 0 Å². The van der Waals surface area contributed by atoms with E-state index >= 15 is 0 Å². The summed E-state index contributed by atoms with van der Waals surface area (Å²) < 4.78 is 0. The molecule has 1 aliphatic heterocycles. The SMILES string of the molecule is CON=Cc1ccc(C(=O)N2CCC(C)CC2)cc1. The Balaban J connectivity index is 2.01. The van der Waals surface area contributed by atoms with Crippen molar-refractivity contribution < 1.29 is 9.63 Å².